The largest absolute Gasteiger partial charge is 0.480 e. The lowest BCUT2D eigenvalue weighted by Gasteiger charge is -2.19. The predicted octanol–water partition coefficient (Wildman–Crippen LogP) is 1.74. The quantitative estimate of drug-likeness (QED) is 0.774. The molecular formula is C14H18BrNO5. The number of carboxylic acids is 1. The van der Waals surface area contributed by atoms with Gasteiger partial charge in [0.25, 0.3) is 5.91 Å². The van der Waals surface area contributed by atoms with Gasteiger partial charge in [-0.3, -0.25) is 4.79 Å². The Hall–Kier alpha value is -1.60. The standard InChI is InChI=1S/C14H18BrNO5/c1-8-4-5-12(10(15)6-8)21-9(2)13(17)16-11(7-20-3)14(18)19/h4-6,9,11H,7H2,1-3H3,(H,16,17)(H,18,19). The summed E-state index contributed by atoms with van der Waals surface area (Å²) in [5.74, 6) is -1.16. The summed E-state index contributed by atoms with van der Waals surface area (Å²) in [5, 5.41) is 11.3. The number of hydrogen-bond acceptors (Lipinski definition) is 4. The van der Waals surface area contributed by atoms with Gasteiger partial charge in [0.1, 0.15) is 5.75 Å². The van der Waals surface area contributed by atoms with Crippen molar-refractivity contribution in [1.82, 2.24) is 5.32 Å². The zero-order valence-corrected chi connectivity index (χ0v) is 13.6. The van der Waals surface area contributed by atoms with Crippen molar-refractivity contribution in [2.45, 2.75) is 26.0 Å². The first-order chi connectivity index (χ1) is 9.85. The van der Waals surface area contributed by atoms with Crippen LogP contribution in [0.3, 0.4) is 0 Å². The van der Waals surface area contributed by atoms with E-state index in [1.54, 1.807) is 13.0 Å². The van der Waals surface area contributed by atoms with E-state index < -0.39 is 24.0 Å². The fraction of sp³-hybridized carbons (Fsp3) is 0.429. The van der Waals surface area contributed by atoms with Gasteiger partial charge < -0.3 is 19.9 Å². The first-order valence-corrected chi connectivity index (χ1v) is 7.09. The lowest BCUT2D eigenvalue weighted by molar-refractivity contribution is -0.144. The van der Waals surface area contributed by atoms with E-state index in [1.807, 2.05) is 19.1 Å². The van der Waals surface area contributed by atoms with E-state index in [-0.39, 0.29) is 6.61 Å². The SMILES string of the molecule is COCC(NC(=O)C(C)Oc1ccc(C)cc1Br)C(=O)O. The Balaban J connectivity index is 2.67. The Morgan fingerprint density at radius 3 is 2.62 bits per heavy atom. The Bertz CT molecular complexity index is 520. The summed E-state index contributed by atoms with van der Waals surface area (Å²) in [6.07, 6.45) is -0.831. The lowest BCUT2D eigenvalue weighted by atomic mass is 10.2. The van der Waals surface area contributed by atoms with Gasteiger partial charge in [0, 0.05) is 7.11 Å². The molecule has 1 amide bonds. The number of carbonyl (C=O) groups excluding carboxylic acids is 1. The van der Waals surface area contributed by atoms with E-state index in [2.05, 4.69) is 21.2 Å². The highest BCUT2D eigenvalue weighted by Crippen LogP contribution is 2.26. The molecule has 1 aromatic rings. The Kier molecular flexibility index (Phi) is 6.64. The molecule has 0 spiro atoms. The maximum atomic E-state index is 11.9. The van der Waals surface area contributed by atoms with Crippen LogP contribution < -0.4 is 10.1 Å². The molecule has 0 aromatic heterocycles. The van der Waals surface area contributed by atoms with Crippen LogP contribution in [-0.4, -0.2) is 42.8 Å². The van der Waals surface area contributed by atoms with Gasteiger partial charge in [-0.25, -0.2) is 4.79 Å². The fourth-order valence-electron chi connectivity index (χ4n) is 1.58. The first kappa shape index (κ1) is 17.5. The van der Waals surface area contributed by atoms with Crippen molar-refractivity contribution < 1.29 is 24.2 Å². The molecule has 0 aliphatic rings. The van der Waals surface area contributed by atoms with Crippen molar-refractivity contribution in [2.24, 2.45) is 0 Å². The fourth-order valence-corrected chi connectivity index (χ4v) is 2.16. The summed E-state index contributed by atoms with van der Waals surface area (Å²) in [4.78, 5) is 22.9. The third-order valence-electron chi connectivity index (χ3n) is 2.71. The lowest BCUT2D eigenvalue weighted by Crippen LogP contribution is -2.48. The van der Waals surface area contributed by atoms with Crippen molar-refractivity contribution in [3.05, 3.63) is 28.2 Å². The van der Waals surface area contributed by atoms with Crippen molar-refractivity contribution in [2.75, 3.05) is 13.7 Å². The van der Waals surface area contributed by atoms with Crippen LogP contribution in [0.2, 0.25) is 0 Å². The van der Waals surface area contributed by atoms with Gasteiger partial charge in [0.2, 0.25) is 0 Å². The minimum Gasteiger partial charge on any atom is -0.480 e. The van der Waals surface area contributed by atoms with Crippen LogP contribution in [0.1, 0.15) is 12.5 Å². The van der Waals surface area contributed by atoms with Crippen LogP contribution in [0.5, 0.6) is 5.75 Å². The molecule has 2 atom stereocenters. The van der Waals surface area contributed by atoms with Gasteiger partial charge in [-0.2, -0.15) is 0 Å². The van der Waals surface area contributed by atoms with E-state index >= 15 is 0 Å². The Morgan fingerprint density at radius 1 is 1.43 bits per heavy atom. The molecule has 1 rings (SSSR count). The van der Waals surface area contributed by atoms with Crippen LogP contribution >= 0.6 is 15.9 Å². The van der Waals surface area contributed by atoms with Crippen LogP contribution in [0.25, 0.3) is 0 Å². The molecule has 0 fully saturated rings. The number of ether oxygens (including phenoxy) is 2. The minimum atomic E-state index is -1.16. The normalized spacial score (nSPS) is 13.3. The minimum absolute atomic E-state index is 0.109. The van der Waals surface area contributed by atoms with Crippen LogP contribution in [0.4, 0.5) is 0 Å². The highest BCUT2D eigenvalue weighted by atomic mass is 79.9. The second kappa shape index (κ2) is 7.99. The molecular weight excluding hydrogens is 342 g/mol. The smallest absolute Gasteiger partial charge is 0.328 e. The van der Waals surface area contributed by atoms with Gasteiger partial charge in [0.05, 0.1) is 11.1 Å². The number of halogens is 1. The van der Waals surface area contributed by atoms with Crippen molar-refractivity contribution in [1.29, 1.82) is 0 Å². The topological polar surface area (TPSA) is 84.9 Å². The van der Waals surface area contributed by atoms with Gasteiger partial charge in [0.15, 0.2) is 12.1 Å². The number of benzene rings is 1. The summed E-state index contributed by atoms with van der Waals surface area (Å²) in [7, 11) is 1.37. The second-order valence-corrected chi connectivity index (χ2v) is 5.40. The number of carbonyl (C=O) groups is 2. The zero-order valence-electron chi connectivity index (χ0n) is 12.1. The van der Waals surface area contributed by atoms with E-state index in [0.717, 1.165) is 10.0 Å². The average Bonchev–Trinajstić information content (AvgIpc) is 2.41. The number of carboxylic acid groups (broad SMARTS) is 1. The molecule has 2 N–H and O–H groups in total. The molecule has 6 nitrogen and oxygen atoms in total. The van der Waals surface area contributed by atoms with Crippen LogP contribution in [0.15, 0.2) is 22.7 Å². The number of aliphatic carboxylic acids is 1. The molecule has 0 heterocycles. The maximum Gasteiger partial charge on any atom is 0.328 e. The summed E-state index contributed by atoms with van der Waals surface area (Å²) < 4.78 is 11.0. The third kappa shape index (κ3) is 5.35. The van der Waals surface area contributed by atoms with Crippen molar-refractivity contribution in [3.63, 3.8) is 0 Å². The highest BCUT2D eigenvalue weighted by Gasteiger charge is 2.24. The molecule has 2 unspecified atom stereocenters. The molecule has 7 heteroatoms. The number of amides is 1. The highest BCUT2D eigenvalue weighted by molar-refractivity contribution is 9.10. The molecule has 21 heavy (non-hydrogen) atoms. The van der Waals surface area contributed by atoms with Crippen molar-refractivity contribution >= 4 is 27.8 Å². The monoisotopic (exact) mass is 359 g/mol. The molecule has 0 saturated heterocycles. The first-order valence-electron chi connectivity index (χ1n) is 6.30. The molecule has 0 radical (unpaired) electrons. The number of hydrogen-bond donors (Lipinski definition) is 2. The van der Waals surface area contributed by atoms with Gasteiger partial charge in [-0.05, 0) is 47.5 Å². The maximum absolute atomic E-state index is 11.9. The van der Waals surface area contributed by atoms with Crippen LogP contribution in [-0.2, 0) is 14.3 Å². The van der Waals surface area contributed by atoms with E-state index in [1.165, 1.54) is 7.11 Å². The van der Waals surface area contributed by atoms with E-state index in [9.17, 15) is 9.59 Å². The zero-order chi connectivity index (χ0) is 16.0. The summed E-state index contributed by atoms with van der Waals surface area (Å²) in [5.41, 5.74) is 1.05. The molecule has 0 saturated carbocycles. The molecule has 116 valence electrons. The van der Waals surface area contributed by atoms with Crippen LogP contribution in [0, 0.1) is 6.92 Å². The number of nitrogens with one attached hydrogen (secondary N) is 1. The number of aryl methyl sites for hydroxylation is 1. The molecule has 0 aliphatic carbocycles. The van der Waals surface area contributed by atoms with E-state index in [0.29, 0.717) is 5.75 Å². The molecule has 1 aromatic carbocycles. The van der Waals surface area contributed by atoms with Gasteiger partial charge in [-0.15, -0.1) is 0 Å². The third-order valence-corrected chi connectivity index (χ3v) is 3.33. The summed E-state index contributed by atoms with van der Waals surface area (Å²) in [6.45, 7) is 3.38. The molecule has 0 bridgehead atoms. The Morgan fingerprint density at radius 2 is 2.10 bits per heavy atom. The van der Waals surface area contributed by atoms with Crippen molar-refractivity contribution in [3.8, 4) is 5.75 Å². The van der Waals surface area contributed by atoms with E-state index in [4.69, 9.17) is 14.6 Å². The average molecular weight is 360 g/mol. The van der Waals surface area contributed by atoms with Gasteiger partial charge >= 0.3 is 5.97 Å². The number of rotatable bonds is 7. The summed E-state index contributed by atoms with van der Waals surface area (Å²) >= 11 is 3.35. The summed E-state index contributed by atoms with van der Waals surface area (Å²) in [6, 6.07) is 4.36. The predicted molar refractivity (Wildman–Crippen MR) is 80.4 cm³/mol. The number of methoxy groups -OCH3 is 1. The molecule has 0 aliphatic heterocycles. The Labute approximate surface area is 131 Å². The second-order valence-electron chi connectivity index (χ2n) is 4.55. The van der Waals surface area contributed by atoms with Gasteiger partial charge in [-0.1, -0.05) is 6.07 Å².